The Morgan fingerprint density at radius 3 is 2.50 bits per heavy atom. The third-order valence-corrected chi connectivity index (χ3v) is 1.81. The van der Waals surface area contributed by atoms with Crippen molar-refractivity contribution in [3.05, 3.63) is 35.2 Å². The lowest BCUT2D eigenvalue weighted by atomic mass is 10.2. The molecule has 0 aliphatic rings. The summed E-state index contributed by atoms with van der Waals surface area (Å²) in [5.41, 5.74) is 2.07. The molecule has 2 aromatic rings. The first kappa shape index (κ1) is 7.24. The van der Waals surface area contributed by atoms with Crippen LogP contribution in [0.15, 0.2) is 30.6 Å². The third kappa shape index (κ3) is 1.29. The molecule has 0 atom stereocenters. The molecule has 0 aliphatic carbocycles. The van der Waals surface area contributed by atoms with Crippen molar-refractivity contribution < 1.29 is 0 Å². The van der Waals surface area contributed by atoms with Gasteiger partial charge in [0.1, 0.15) is 4.64 Å². The monoisotopic (exact) mass is 177 g/mol. The molecule has 0 amide bonds. The van der Waals surface area contributed by atoms with Gasteiger partial charge in [0.25, 0.3) is 0 Å². The molecule has 0 aliphatic heterocycles. The van der Waals surface area contributed by atoms with Gasteiger partial charge in [0.15, 0.2) is 0 Å². The fraction of sp³-hybridized carbons (Fsp3) is 0. The third-order valence-electron chi connectivity index (χ3n) is 1.59. The molecule has 60 valence electrons. The molecule has 0 saturated heterocycles. The lowest BCUT2D eigenvalue weighted by molar-refractivity contribution is 1.08. The molecule has 4 heteroatoms. The van der Waals surface area contributed by atoms with Crippen LogP contribution in [0.3, 0.4) is 0 Å². The van der Waals surface area contributed by atoms with Gasteiger partial charge in [0, 0.05) is 18.0 Å². The van der Waals surface area contributed by atoms with Crippen LogP contribution in [-0.4, -0.2) is 15.2 Å². The molecular formula is C8H7N3S. The van der Waals surface area contributed by atoms with Crippen molar-refractivity contribution in [1.82, 2.24) is 15.2 Å². The predicted octanol–water partition coefficient (Wildman–Crippen LogP) is 2.13. The van der Waals surface area contributed by atoms with Gasteiger partial charge in [0.2, 0.25) is 0 Å². The van der Waals surface area contributed by atoms with Crippen LogP contribution in [0.4, 0.5) is 0 Å². The minimum atomic E-state index is 0.710. The summed E-state index contributed by atoms with van der Waals surface area (Å²) in [6.45, 7) is 0. The van der Waals surface area contributed by atoms with Gasteiger partial charge in [-0.05, 0) is 18.2 Å². The maximum atomic E-state index is 4.93. The van der Waals surface area contributed by atoms with E-state index < -0.39 is 0 Å². The summed E-state index contributed by atoms with van der Waals surface area (Å²) >= 11 is 4.93. The Morgan fingerprint density at radius 2 is 1.92 bits per heavy atom. The zero-order valence-corrected chi connectivity index (χ0v) is 7.06. The van der Waals surface area contributed by atoms with E-state index in [0.29, 0.717) is 4.64 Å². The number of nitrogens with zero attached hydrogens (tertiary/aromatic N) is 1. The molecule has 0 spiro atoms. The maximum absolute atomic E-state index is 4.93. The highest BCUT2D eigenvalue weighted by Crippen LogP contribution is 2.13. The maximum Gasteiger partial charge on any atom is 0.119 e. The van der Waals surface area contributed by atoms with E-state index in [-0.39, 0.29) is 0 Å². The Hall–Kier alpha value is -1.42. The predicted molar refractivity (Wildman–Crippen MR) is 49.2 cm³/mol. The molecule has 0 aromatic carbocycles. The molecule has 2 aromatic heterocycles. The highest BCUT2D eigenvalue weighted by Gasteiger charge is 1.96. The second-order valence-electron chi connectivity index (χ2n) is 2.41. The summed E-state index contributed by atoms with van der Waals surface area (Å²) in [6.07, 6.45) is 3.50. The van der Waals surface area contributed by atoms with Crippen LogP contribution in [0.5, 0.6) is 0 Å². The number of aromatic amines is 2. The van der Waals surface area contributed by atoms with Crippen molar-refractivity contribution in [1.29, 1.82) is 0 Å². The minimum absolute atomic E-state index is 0.710. The highest BCUT2D eigenvalue weighted by atomic mass is 32.1. The molecule has 0 bridgehead atoms. The van der Waals surface area contributed by atoms with E-state index in [9.17, 15) is 0 Å². The summed E-state index contributed by atoms with van der Waals surface area (Å²) in [7, 11) is 0. The second-order valence-corrected chi connectivity index (χ2v) is 2.85. The van der Waals surface area contributed by atoms with E-state index in [1.54, 1.807) is 12.4 Å². The zero-order valence-electron chi connectivity index (χ0n) is 6.24. The topological polar surface area (TPSA) is 44.5 Å². The molecule has 2 heterocycles. The van der Waals surface area contributed by atoms with Gasteiger partial charge in [-0.3, -0.25) is 15.2 Å². The van der Waals surface area contributed by atoms with Crippen molar-refractivity contribution >= 4 is 12.2 Å². The summed E-state index contributed by atoms with van der Waals surface area (Å²) in [5, 5.41) is 5.80. The average molecular weight is 177 g/mol. The normalized spacial score (nSPS) is 10.0. The fourth-order valence-corrected chi connectivity index (χ4v) is 1.19. The smallest absolute Gasteiger partial charge is 0.119 e. The molecule has 0 unspecified atom stereocenters. The lowest BCUT2D eigenvalue weighted by Gasteiger charge is -1.93. The molecule has 2 rings (SSSR count). The van der Waals surface area contributed by atoms with Gasteiger partial charge < -0.3 is 0 Å². The number of pyridine rings is 1. The Balaban J connectivity index is 2.51. The quantitative estimate of drug-likeness (QED) is 0.655. The summed E-state index contributed by atoms with van der Waals surface area (Å²) in [4.78, 5) is 3.93. The van der Waals surface area contributed by atoms with Crippen molar-refractivity contribution in [3.8, 4) is 11.3 Å². The van der Waals surface area contributed by atoms with Crippen LogP contribution in [-0.2, 0) is 0 Å². The molecule has 0 saturated carbocycles. The summed E-state index contributed by atoms with van der Waals surface area (Å²) < 4.78 is 0.710. The lowest BCUT2D eigenvalue weighted by Crippen LogP contribution is -1.77. The first-order valence-electron chi connectivity index (χ1n) is 3.54. The number of nitrogens with one attached hydrogen (secondary N) is 2. The van der Waals surface area contributed by atoms with Gasteiger partial charge in [0.05, 0.1) is 5.69 Å². The van der Waals surface area contributed by atoms with E-state index in [1.165, 1.54) is 0 Å². The number of hydrogen-bond donors (Lipinski definition) is 2. The van der Waals surface area contributed by atoms with Crippen LogP contribution in [0.25, 0.3) is 11.3 Å². The average Bonchev–Trinajstić information content (AvgIpc) is 2.54. The van der Waals surface area contributed by atoms with E-state index in [1.807, 2.05) is 18.2 Å². The van der Waals surface area contributed by atoms with E-state index in [0.717, 1.165) is 11.3 Å². The number of rotatable bonds is 1. The van der Waals surface area contributed by atoms with Crippen LogP contribution in [0.1, 0.15) is 0 Å². The van der Waals surface area contributed by atoms with Crippen molar-refractivity contribution in [2.75, 3.05) is 0 Å². The Kier molecular flexibility index (Phi) is 1.75. The largest absolute Gasteiger partial charge is 0.299 e. The standard InChI is InChI=1S/C8H7N3S/c12-8-5-7(10-11-8)6-1-3-9-4-2-6/h1-5H,(H2,10,11,12). The highest BCUT2D eigenvalue weighted by molar-refractivity contribution is 7.71. The van der Waals surface area contributed by atoms with E-state index >= 15 is 0 Å². The van der Waals surface area contributed by atoms with Crippen molar-refractivity contribution in [2.24, 2.45) is 0 Å². The van der Waals surface area contributed by atoms with E-state index in [4.69, 9.17) is 12.2 Å². The van der Waals surface area contributed by atoms with Gasteiger partial charge in [-0.25, -0.2) is 0 Å². The van der Waals surface area contributed by atoms with Gasteiger partial charge >= 0.3 is 0 Å². The summed E-state index contributed by atoms with van der Waals surface area (Å²) in [5.74, 6) is 0. The van der Waals surface area contributed by atoms with Crippen LogP contribution < -0.4 is 0 Å². The van der Waals surface area contributed by atoms with Crippen molar-refractivity contribution in [3.63, 3.8) is 0 Å². The second kappa shape index (κ2) is 2.91. The molecule has 12 heavy (non-hydrogen) atoms. The van der Waals surface area contributed by atoms with Crippen LogP contribution >= 0.6 is 12.2 Å². The van der Waals surface area contributed by atoms with Crippen LogP contribution in [0, 0.1) is 4.64 Å². The van der Waals surface area contributed by atoms with Crippen LogP contribution in [0.2, 0.25) is 0 Å². The molecular weight excluding hydrogens is 170 g/mol. The van der Waals surface area contributed by atoms with E-state index in [2.05, 4.69) is 15.2 Å². The minimum Gasteiger partial charge on any atom is -0.299 e. The van der Waals surface area contributed by atoms with Gasteiger partial charge in [-0.15, -0.1) is 0 Å². The van der Waals surface area contributed by atoms with Gasteiger partial charge in [-0.1, -0.05) is 12.2 Å². The Morgan fingerprint density at radius 1 is 1.17 bits per heavy atom. The fourth-order valence-electron chi connectivity index (χ4n) is 1.02. The Labute approximate surface area is 74.5 Å². The van der Waals surface area contributed by atoms with Crippen molar-refractivity contribution in [2.45, 2.75) is 0 Å². The molecule has 2 N–H and O–H groups in total. The van der Waals surface area contributed by atoms with Gasteiger partial charge in [-0.2, -0.15) is 0 Å². The first-order valence-corrected chi connectivity index (χ1v) is 3.95. The number of hydrogen-bond acceptors (Lipinski definition) is 2. The zero-order chi connectivity index (χ0) is 8.39. The first-order chi connectivity index (χ1) is 5.86. The molecule has 0 radical (unpaired) electrons. The number of aromatic nitrogens is 3. The SMILES string of the molecule is S=c1cc(-c2ccncc2)[nH][nH]1. The summed E-state index contributed by atoms with van der Waals surface area (Å²) in [6, 6.07) is 5.73. The molecule has 3 nitrogen and oxygen atoms in total. The number of H-pyrrole nitrogens is 2. The molecule has 0 fully saturated rings. The Bertz CT molecular complexity index is 415.